The number of amides is 2. The summed E-state index contributed by atoms with van der Waals surface area (Å²) in [6.07, 6.45) is 1.33. The third-order valence-corrected chi connectivity index (χ3v) is 6.64. The molecular weight excluding hydrogens is 418 g/mol. The Labute approximate surface area is 193 Å². The van der Waals surface area contributed by atoms with Crippen LogP contribution in [0.4, 0.5) is 0 Å². The van der Waals surface area contributed by atoms with Gasteiger partial charge < -0.3 is 24.3 Å². The lowest BCUT2D eigenvalue weighted by Gasteiger charge is -2.47. The van der Waals surface area contributed by atoms with E-state index in [9.17, 15) is 9.59 Å². The Morgan fingerprint density at radius 1 is 1.09 bits per heavy atom. The monoisotopic (exact) mass is 447 g/mol. The summed E-state index contributed by atoms with van der Waals surface area (Å²) >= 11 is 0. The molecule has 2 aromatic carbocycles. The van der Waals surface area contributed by atoms with Crippen LogP contribution in [0.3, 0.4) is 0 Å². The van der Waals surface area contributed by atoms with Gasteiger partial charge in [-0.1, -0.05) is 31.2 Å². The van der Waals surface area contributed by atoms with Crippen LogP contribution in [0.2, 0.25) is 0 Å². The molecule has 1 aromatic heterocycles. The molecule has 172 valence electrons. The van der Waals surface area contributed by atoms with Gasteiger partial charge in [-0.05, 0) is 42.7 Å². The average molecular weight is 448 g/mol. The number of aromatic nitrogens is 1. The van der Waals surface area contributed by atoms with Crippen molar-refractivity contribution in [2.24, 2.45) is 0 Å². The Bertz CT molecular complexity index is 1220. The van der Waals surface area contributed by atoms with E-state index in [0.29, 0.717) is 31.1 Å². The zero-order valence-electron chi connectivity index (χ0n) is 19.3. The van der Waals surface area contributed by atoms with E-state index < -0.39 is 12.1 Å². The first-order valence-electron chi connectivity index (χ1n) is 11.6. The van der Waals surface area contributed by atoms with Crippen molar-refractivity contribution >= 4 is 22.7 Å². The molecule has 2 aliphatic heterocycles. The Morgan fingerprint density at radius 2 is 1.91 bits per heavy atom. The maximum atomic E-state index is 13.5. The number of piperazine rings is 1. The molecule has 5 rings (SSSR count). The first-order valence-corrected chi connectivity index (χ1v) is 11.6. The molecule has 0 spiro atoms. The Hall–Kier alpha value is -3.48. The Morgan fingerprint density at radius 3 is 2.67 bits per heavy atom. The highest BCUT2D eigenvalue weighted by molar-refractivity contribution is 5.97. The number of methoxy groups -OCH3 is 1. The summed E-state index contributed by atoms with van der Waals surface area (Å²) in [6, 6.07) is 13.0. The maximum absolute atomic E-state index is 13.5. The molecule has 1 saturated heterocycles. The molecule has 7 nitrogen and oxygen atoms in total. The maximum Gasteiger partial charge on any atom is 0.246 e. The van der Waals surface area contributed by atoms with Crippen LogP contribution >= 0.6 is 0 Å². The van der Waals surface area contributed by atoms with Gasteiger partial charge >= 0.3 is 0 Å². The molecule has 2 unspecified atom stereocenters. The van der Waals surface area contributed by atoms with Gasteiger partial charge in [0.1, 0.15) is 6.04 Å². The number of benzene rings is 2. The van der Waals surface area contributed by atoms with E-state index in [0.717, 1.165) is 34.1 Å². The molecule has 33 heavy (non-hydrogen) atoms. The lowest BCUT2D eigenvalue weighted by molar-refractivity contribution is -0.158. The highest BCUT2D eigenvalue weighted by Gasteiger charge is 2.48. The number of hydrogen-bond acceptors (Lipinski definition) is 4. The average Bonchev–Trinajstić information content (AvgIpc) is 3.20. The summed E-state index contributed by atoms with van der Waals surface area (Å²) in [5.41, 5.74) is 3.96. The highest BCUT2D eigenvalue weighted by Crippen LogP contribution is 2.44. The van der Waals surface area contributed by atoms with Crippen molar-refractivity contribution in [3.63, 3.8) is 0 Å². The molecule has 2 atom stereocenters. The standard InChI is InChI=1S/C26H29N3O4/c1-4-12-28-15-23(30)29-20(26(28)31)14-18-17-8-6-7-9-19(17)27-24(18)25(29)16-10-11-21(33-5-2)22(13-16)32-3/h6-11,13,20,25,27H,4-5,12,14-15H2,1-3H3. The van der Waals surface area contributed by atoms with Gasteiger partial charge in [0.25, 0.3) is 0 Å². The predicted octanol–water partition coefficient (Wildman–Crippen LogP) is 3.67. The third kappa shape index (κ3) is 3.43. The minimum absolute atomic E-state index is 0.0234. The lowest BCUT2D eigenvalue weighted by Crippen LogP contribution is -2.63. The number of H-pyrrole nitrogens is 1. The molecule has 0 aliphatic carbocycles. The molecule has 0 bridgehead atoms. The number of aromatic amines is 1. The Kier molecular flexibility index (Phi) is 5.48. The normalized spacial score (nSPS) is 20.1. The summed E-state index contributed by atoms with van der Waals surface area (Å²) in [6.45, 7) is 5.19. The van der Waals surface area contributed by atoms with Crippen molar-refractivity contribution in [2.45, 2.75) is 38.8 Å². The van der Waals surface area contributed by atoms with Crippen LogP contribution in [-0.4, -0.2) is 59.4 Å². The second-order valence-electron chi connectivity index (χ2n) is 8.59. The number of para-hydroxylation sites is 1. The minimum atomic E-state index is -0.521. The van der Waals surface area contributed by atoms with E-state index in [1.807, 2.05) is 50.2 Å². The number of fused-ring (bicyclic) bond motifs is 4. The van der Waals surface area contributed by atoms with Crippen LogP contribution in [0, 0.1) is 0 Å². The smallest absolute Gasteiger partial charge is 0.246 e. The minimum Gasteiger partial charge on any atom is -0.493 e. The van der Waals surface area contributed by atoms with Crippen molar-refractivity contribution < 1.29 is 19.1 Å². The van der Waals surface area contributed by atoms with Crippen LogP contribution in [0.15, 0.2) is 42.5 Å². The summed E-state index contributed by atoms with van der Waals surface area (Å²) in [7, 11) is 1.61. The fraction of sp³-hybridized carbons (Fsp3) is 0.385. The first-order chi connectivity index (χ1) is 16.1. The van der Waals surface area contributed by atoms with Gasteiger partial charge in [0, 0.05) is 29.6 Å². The van der Waals surface area contributed by atoms with Gasteiger partial charge in [0.05, 0.1) is 26.3 Å². The molecule has 0 saturated carbocycles. The molecule has 3 heterocycles. The largest absolute Gasteiger partial charge is 0.493 e. The first kappa shape index (κ1) is 21.4. The number of carbonyl (C=O) groups is 2. The third-order valence-electron chi connectivity index (χ3n) is 6.64. The van der Waals surface area contributed by atoms with E-state index in [2.05, 4.69) is 11.1 Å². The van der Waals surface area contributed by atoms with Crippen LogP contribution < -0.4 is 9.47 Å². The summed E-state index contributed by atoms with van der Waals surface area (Å²) in [5, 5.41) is 1.10. The van der Waals surface area contributed by atoms with E-state index in [4.69, 9.17) is 9.47 Å². The topological polar surface area (TPSA) is 74.9 Å². The van der Waals surface area contributed by atoms with Crippen LogP contribution in [-0.2, 0) is 16.0 Å². The molecule has 1 N–H and O–H groups in total. The van der Waals surface area contributed by atoms with Crippen molar-refractivity contribution in [1.82, 2.24) is 14.8 Å². The van der Waals surface area contributed by atoms with E-state index in [1.54, 1.807) is 16.9 Å². The van der Waals surface area contributed by atoms with E-state index in [-0.39, 0.29) is 18.4 Å². The lowest BCUT2D eigenvalue weighted by atomic mass is 9.86. The van der Waals surface area contributed by atoms with Crippen LogP contribution in [0.1, 0.15) is 43.1 Å². The fourth-order valence-electron chi connectivity index (χ4n) is 5.26. The van der Waals surface area contributed by atoms with Gasteiger partial charge in [-0.3, -0.25) is 9.59 Å². The van der Waals surface area contributed by atoms with Gasteiger partial charge in [0.15, 0.2) is 11.5 Å². The summed E-state index contributed by atoms with van der Waals surface area (Å²) in [5.74, 6) is 1.26. The van der Waals surface area contributed by atoms with Crippen molar-refractivity contribution in [2.75, 3.05) is 26.8 Å². The quantitative estimate of drug-likeness (QED) is 0.626. The molecule has 1 fully saturated rings. The number of nitrogens with one attached hydrogen (secondary N) is 1. The van der Waals surface area contributed by atoms with Crippen molar-refractivity contribution in [3.05, 3.63) is 59.3 Å². The number of nitrogens with zero attached hydrogens (tertiary/aromatic N) is 2. The molecule has 2 amide bonds. The zero-order valence-corrected chi connectivity index (χ0v) is 19.3. The predicted molar refractivity (Wildman–Crippen MR) is 126 cm³/mol. The molecular formula is C26H29N3O4. The fourth-order valence-corrected chi connectivity index (χ4v) is 5.26. The van der Waals surface area contributed by atoms with Crippen molar-refractivity contribution in [1.29, 1.82) is 0 Å². The van der Waals surface area contributed by atoms with Crippen LogP contribution in [0.5, 0.6) is 11.5 Å². The molecule has 7 heteroatoms. The van der Waals surface area contributed by atoms with E-state index in [1.165, 1.54) is 0 Å². The van der Waals surface area contributed by atoms with E-state index >= 15 is 0 Å². The summed E-state index contributed by atoms with van der Waals surface area (Å²) in [4.78, 5) is 34.0. The van der Waals surface area contributed by atoms with Gasteiger partial charge in [-0.2, -0.15) is 0 Å². The second-order valence-corrected chi connectivity index (χ2v) is 8.59. The number of ether oxygens (including phenoxy) is 2. The second kappa shape index (κ2) is 8.46. The highest BCUT2D eigenvalue weighted by atomic mass is 16.5. The number of hydrogen-bond donors (Lipinski definition) is 1. The Balaban J connectivity index is 1.69. The SMILES string of the molecule is CCCN1CC(=O)N2C(Cc3c([nH]c4ccccc34)C2c2ccc(OCC)c(OC)c2)C1=O. The number of carbonyl (C=O) groups excluding carboxylic acids is 2. The van der Waals surface area contributed by atoms with Gasteiger partial charge in [-0.25, -0.2) is 0 Å². The van der Waals surface area contributed by atoms with Gasteiger partial charge in [-0.15, -0.1) is 0 Å². The summed E-state index contributed by atoms with van der Waals surface area (Å²) < 4.78 is 11.3. The van der Waals surface area contributed by atoms with Crippen LogP contribution in [0.25, 0.3) is 10.9 Å². The molecule has 0 radical (unpaired) electrons. The van der Waals surface area contributed by atoms with Crippen molar-refractivity contribution in [3.8, 4) is 11.5 Å². The van der Waals surface area contributed by atoms with Gasteiger partial charge in [0.2, 0.25) is 11.8 Å². The molecule has 3 aromatic rings. The molecule has 2 aliphatic rings. The number of rotatable bonds is 6. The zero-order chi connectivity index (χ0) is 23.1.